The first-order valence-corrected chi connectivity index (χ1v) is 8.68. The minimum atomic E-state index is 0.674. The van der Waals surface area contributed by atoms with Gasteiger partial charge in [-0.05, 0) is 30.9 Å². The third kappa shape index (κ3) is 3.46. The van der Waals surface area contributed by atoms with Crippen LogP contribution in [0.25, 0.3) is 11.3 Å². The fourth-order valence-electron chi connectivity index (χ4n) is 3.21. The molecule has 0 unspecified atom stereocenters. The van der Waals surface area contributed by atoms with Crippen LogP contribution in [0.1, 0.15) is 23.2 Å². The average Bonchev–Trinajstić information content (AvgIpc) is 3.47. The highest BCUT2D eigenvalue weighted by Gasteiger charge is 2.26. The maximum Gasteiger partial charge on any atom is 0.151 e. The molecule has 5 heteroatoms. The quantitative estimate of drug-likeness (QED) is 0.792. The molecular weight excluding hydrogens is 300 g/mol. The molecule has 24 heavy (non-hydrogen) atoms. The molecule has 0 atom stereocenters. The van der Waals surface area contributed by atoms with E-state index in [1.807, 2.05) is 24.3 Å². The van der Waals surface area contributed by atoms with Gasteiger partial charge in [-0.1, -0.05) is 24.3 Å². The molecule has 4 rings (SSSR count). The van der Waals surface area contributed by atoms with E-state index in [2.05, 4.69) is 20.0 Å². The Morgan fingerprint density at radius 1 is 0.958 bits per heavy atom. The summed E-state index contributed by atoms with van der Waals surface area (Å²) in [6, 6.07) is 11.5. The molecular formula is C19H22N4O. The van der Waals surface area contributed by atoms with Gasteiger partial charge in [0.05, 0.1) is 5.69 Å². The summed E-state index contributed by atoms with van der Waals surface area (Å²) in [5, 5.41) is 8.77. The molecule has 2 heterocycles. The van der Waals surface area contributed by atoms with Crippen molar-refractivity contribution in [3.8, 4) is 11.3 Å². The molecule has 0 bridgehead atoms. The fourth-order valence-corrected chi connectivity index (χ4v) is 3.21. The van der Waals surface area contributed by atoms with Crippen LogP contribution in [-0.2, 0) is 0 Å². The topological polar surface area (TPSA) is 49.3 Å². The first-order chi connectivity index (χ1) is 11.8. The van der Waals surface area contributed by atoms with Crippen molar-refractivity contribution in [2.75, 3.05) is 37.6 Å². The third-order valence-corrected chi connectivity index (χ3v) is 4.90. The second kappa shape index (κ2) is 6.69. The summed E-state index contributed by atoms with van der Waals surface area (Å²) in [5.41, 5.74) is 2.49. The Morgan fingerprint density at radius 2 is 1.71 bits per heavy atom. The van der Waals surface area contributed by atoms with E-state index in [1.54, 1.807) is 12.1 Å². The maximum atomic E-state index is 10.7. The second-order valence-electron chi connectivity index (χ2n) is 6.75. The van der Waals surface area contributed by atoms with Crippen LogP contribution in [-0.4, -0.2) is 54.1 Å². The van der Waals surface area contributed by atoms with Crippen LogP contribution in [0.5, 0.6) is 0 Å². The van der Waals surface area contributed by atoms with Crippen molar-refractivity contribution in [2.45, 2.75) is 12.8 Å². The Balaban J connectivity index is 1.39. The minimum Gasteiger partial charge on any atom is -0.353 e. The molecule has 124 valence electrons. The van der Waals surface area contributed by atoms with E-state index in [0.29, 0.717) is 5.56 Å². The second-order valence-corrected chi connectivity index (χ2v) is 6.75. The molecule has 5 nitrogen and oxygen atoms in total. The summed E-state index contributed by atoms with van der Waals surface area (Å²) in [7, 11) is 0. The van der Waals surface area contributed by atoms with E-state index in [1.165, 1.54) is 19.4 Å². The van der Waals surface area contributed by atoms with Crippen LogP contribution in [0.15, 0.2) is 36.4 Å². The number of aldehydes is 1. The molecule has 0 radical (unpaired) electrons. The molecule has 0 amide bonds. The van der Waals surface area contributed by atoms with Gasteiger partial charge in [-0.2, -0.15) is 0 Å². The third-order valence-electron chi connectivity index (χ3n) is 4.90. The van der Waals surface area contributed by atoms with Gasteiger partial charge in [0.25, 0.3) is 0 Å². The fraction of sp³-hybridized carbons (Fsp3) is 0.421. The van der Waals surface area contributed by atoms with Crippen molar-refractivity contribution in [2.24, 2.45) is 5.92 Å². The van der Waals surface area contributed by atoms with Crippen LogP contribution in [0, 0.1) is 5.92 Å². The summed E-state index contributed by atoms with van der Waals surface area (Å²) in [6.07, 6.45) is 3.68. The summed E-state index contributed by atoms with van der Waals surface area (Å²) >= 11 is 0. The highest BCUT2D eigenvalue weighted by atomic mass is 16.1. The zero-order valence-electron chi connectivity index (χ0n) is 13.8. The van der Waals surface area contributed by atoms with Crippen LogP contribution < -0.4 is 4.90 Å². The van der Waals surface area contributed by atoms with Crippen molar-refractivity contribution in [1.29, 1.82) is 0 Å². The van der Waals surface area contributed by atoms with E-state index < -0.39 is 0 Å². The van der Waals surface area contributed by atoms with Crippen LogP contribution in [0.4, 0.5) is 5.82 Å². The van der Waals surface area contributed by atoms with Crippen LogP contribution in [0.2, 0.25) is 0 Å². The predicted octanol–water partition coefficient (Wildman–Crippen LogP) is 2.49. The predicted molar refractivity (Wildman–Crippen MR) is 94.2 cm³/mol. The molecule has 1 aliphatic heterocycles. The van der Waals surface area contributed by atoms with E-state index in [4.69, 9.17) is 0 Å². The lowest BCUT2D eigenvalue weighted by Gasteiger charge is -2.35. The molecule has 2 aromatic rings. The number of hydrogen-bond donors (Lipinski definition) is 0. The first kappa shape index (κ1) is 15.3. The van der Waals surface area contributed by atoms with Gasteiger partial charge >= 0.3 is 0 Å². The Labute approximate surface area is 142 Å². The van der Waals surface area contributed by atoms with Crippen molar-refractivity contribution in [3.63, 3.8) is 0 Å². The average molecular weight is 322 g/mol. The van der Waals surface area contributed by atoms with Gasteiger partial charge in [-0.15, -0.1) is 10.2 Å². The van der Waals surface area contributed by atoms with Crippen LogP contribution >= 0.6 is 0 Å². The number of benzene rings is 1. The molecule has 1 saturated heterocycles. The number of piperazine rings is 1. The van der Waals surface area contributed by atoms with Crippen LogP contribution in [0.3, 0.4) is 0 Å². The number of aromatic nitrogens is 2. The number of hydrogen-bond acceptors (Lipinski definition) is 5. The zero-order chi connectivity index (χ0) is 16.4. The number of carbonyl (C=O) groups is 1. The molecule has 1 aromatic heterocycles. The minimum absolute atomic E-state index is 0.674. The molecule has 1 aromatic carbocycles. The number of carbonyl (C=O) groups excluding carboxylic acids is 1. The van der Waals surface area contributed by atoms with E-state index >= 15 is 0 Å². The largest absolute Gasteiger partial charge is 0.353 e. The standard InChI is InChI=1S/C19H22N4O/c24-14-16-3-5-17(6-4-16)18-7-8-19(21-20-18)23-11-9-22(10-12-23)13-15-1-2-15/h3-8,14-15H,1-2,9-13H2. The van der Waals surface area contributed by atoms with E-state index in [9.17, 15) is 4.79 Å². The lowest BCUT2D eigenvalue weighted by atomic mass is 10.1. The highest BCUT2D eigenvalue weighted by molar-refractivity contribution is 5.76. The van der Waals surface area contributed by atoms with Gasteiger partial charge < -0.3 is 4.90 Å². The Hall–Kier alpha value is -2.27. The van der Waals surface area contributed by atoms with Gasteiger partial charge in [-0.25, -0.2) is 0 Å². The smallest absolute Gasteiger partial charge is 0.151 e. The first-order valence-electron chi connectivity index (χ1n) is 8.68. The van der Waals surface area contributed by atoms with Crippen molar-refractivity contribution in [1.82, 2.24) is 15.1 Å². The number of anilines is 1. The SMILES string of the molecule is O=Cc1ccc(-c2ccc(N3CCN(CC4CC4)CC3)nn2)cc1. The summed E-state index contributed by atoms with van der Waals surface area (Å²) in [4.78, 5) is 15.6. The maximum absolute atomic E-state index is 10.7. The Morgan fingerprint density at radius 3 is 2.29 bits per heavy atom. The molecule has 0 N–H and O–H groups in total. The molecule has 1 saturated carbocycles. The summed E-state index contributed by atoms with van der Waals surface area (Å²) in [5.74, 6) is 1.91. The molecule has 1 aliphatic carbocycles. The van der Waals surface area contributed by atoms with Crippen molar-refractivity contribution >= 4 is 12.1 Å². The van der Waals surface area contributed by atoms with Gasteiger partial charge in [0.2, 0.25) is 0 Å². The summed E-state index contributed by atoms with van der Waals surface area (Å²) < 4.78 is 0. The molecule has 2 fully saturated rings. The Bertz CT molecular complexity index is 686. The highest BCUT2D eigenvalue weighted by Crippen LogP contribution is 2.30. The van der Waals surface area contributed by atoms with Gasteiger partial charge in [0.15, 0.2) is 5.82 Å². The number of rotatable bonds is 5. The lowest BCUT2D eigenvalue weighted by molar-refractivity contribution is 0.112. The van der Waals surface area contributed by atoms with Crippen molar-refractivity contribution < 1.29 is 4.79 Å². The summed E-state index contributed by atoms with van der Waals surface area (Å²) in [6.45, 7) is 5.55. The Kier molecular flexibility index (Phi) is 4.26. The van der Waals surface area contributed by atoms with Crippen molar-refractivity contribution in [3.05, 3.63) is 42.0 Å². The monoisotopic (exact) mass is 322 g/mol. The molecule has 0 spiro atoms. The number of nitrogens with zero attached hydrogens (tertiary/aromatic N) is 4. The van der Waals surface area contributed by atoms with E-state index in [-0.39, 0.29) is 0 Å². The zero-order valence-corrected chi connectivity index (χ0v) is 13.8. The molecule has 2 aliphatic rings. The van der Waals surface area contributed by atoms with E-state index in [0.717, 1.165) is 55.5 Å². The lowest BCUT2D eigenvalue weighted by Crippen LogP contribution is -2.47. The van der Waals surface area contributed by atoms with Gasteiger partial charge in [0.1, 0.15) is 6.29 Å². The van der Waals surface area contributed by atoms with Gasteiger partial charge in [0, 0.05) is 43.9 Å². The van der Waals surface area contributed by atoms with Gasteiger partial charge in [-0.3, -0.25) is 9.69 Å². The normalized spacial score (nSPS) is 18.6.